The molecular weight excluding hydrogens is 420 g/mol. The Labute approximate surface area is 177 Å². The van der Waals surface area contributed by atoms with Crippen molar-refractivity contribution in [3.8, 4) is 0 Å². The third-order valence-electron chi connectivity index (χ3n) is 4.22. The monoisotopic (exact) mass is 438 g/mol. The summed E-state index contributed by atoms with van der Waals surface area (Å²) >= 11 is 1.53. The second kappa shape index (κ2) is 8.52. The van der Waals surface area contributed by atoms with Gasteiger partial charge in [-0.3, -0.25) is 13.9 Å². The van der Waals surface area contributed by atoms with Crippen LogP contribution in [0.3, 0.4) is 0 Å². The predicted molar refractivity (Wildman–Crippen MR) is 119 cm³/mol. The summed E-state index contributed by atoms with van der Waals surface area (Å²) in [6.07, 6.45) is 5.30. The van der Waals surface area contributed by atoms with Crippen LogP contribution in [0.1, 0.15) is 21.6 Å². The fraction of sp³-hybridized carbons (Fsp3) is 0.0476. The van der Waals surface area contributed by atoms with Crippen LogP contribution in [0.25, 0.3) is 11.0 Å². The van der Waals surface area contributed by atoms with Gasteiger partial charge in [-0.25, -0.2) is 13.4 Å². The number of imidazole rings is 1. The molecule has 0 saturated heterocycles. The van der Waals surface area contributed by atoms with Crippen LogP contribution in [0.4, 0.5) is 5.69 Å². The molecule has 7 nitrogen and oxygen atoms in total. The SMILES string of the molecule is O=C(NCc1cn2ccsc2n1)c1ccc(NS(=O)(=O)/C=C/c2ccccc2)cc1. The average Bonchev–Trinajstić information content (AvgIpc) is 3.34. The summed E-state index contributed by atoms with van der Waals surface area (Å²) in [5, 5.41) is 5.86. The lowest BCUT2D eigenvalue weighted by Gasteiger charge is -2.07. The van der Waals surface area contributed by atoms with Crippen LogP contribution in [0.2, 0.25) is 0 Å². The summed E-state index contributed by atoms with van der Waals surface area (Å²) in [5.41, 5.74) is 2.36. The summed E-state index contributed by atoms with van der Waals surface area (Å²) in [7, 11) is -3.66. The van der Waals surface area contributed by atoms with E-state index in [0.717, 1.165) is 21.6 Å². The van der Waals surface area contributed by atoms with E-state index in [1.807, 2.05) is 52.5 Å². The quantitative estimate of drug-likeness (QED) is 0.460. The standard InChI is InChI=1S/C21H18N4O3S2/c26-20(22-14-19-15-25-11-12-29-21(25)23-19)17-6-8-18(9-7-17)24-30(27,28)13-10-16-4-2-1-3-5-16/h1-13,15,24H,14H2,(H,22,26)/b13-10+. The number of carbonyl (C=O) groups excluding carboxylic acids is 1. The highest BCUT2D eigenvalue weighted by Gasteiger charge is 2.10. The lowest BCUT2D eigenvalue weighted by atomic mass is 10.2. The Kier molecular flexibility index (Phi) is 5.64. The number of rotatable bonds is 7. The fourth-order valence-electron chi connectivity index (χ4n) is 2.75. The molecule has 1 amide bonds. The van der Waals surface area contributed by atoms with Crippen molar-refractivity contribution in [1.82, 2.24) is 14.7 Å². The molecule has 0 saturated carbocycles. The maximum Gasteiger partial charge on any atom is 0.255 e. The maximum absolute atomic E-state index is 12.3. The van der Waals surface area contributed by atoms with Crippen molar-refractivity contribution in [2.75, 3.05) is 4.72 Å². The number of thiazole rings is 1. The molecule has 4 rings (SSSR count). The molecule has 0 unspecified atom stereocenters. The number of benzene rings is 2. The normalized spacial score (nSPS) is 11.7. The van der Waals surface area contributed by atoms with Crippen molar-refractivity contribution >= 4 is 44.0 Å². The molecule has 0 aliphatic rings. The molecule has 0 fully saturated rings. The zero-order valence-electron chi connectivity index (χ0n) is 15.7. The Balaban J connectivity index is 1.35. The number of aromatic nitrogens is 2. The molecule has 2 aromatic heterocycles. The van der Waals surface area contributed by atoms with Crippen molar-refractivity contribution in [2.45, 2.75) is 6.54 Å². The molecule has 2 aromatic carbocycles. The summed E-state index contributed by atoms with van der Waals surface area (Å²) < 4.78 is 28.8. The van der Waals surface area contributed by atoms with E-state index >= 15 is 0 Å². The van der Waals surface area contributed by atoms with Crippen LogP contribution in [0.5, 0.6) is 0 Å². The lowest BCUT2D eigenvalue weighted by molar-refractivity contribution is 0.0950. The van der Waals surface area contributed by atoms with Crippen molar-refractivity contribution in [3.05, 3.63) is 94.6 Å². The van der Waals surface area contributed by atoms with Gasteiger partial charge in [0.15, 0.2) is 4.96 Å². The van der Waals surface area contributed by atoms with Gasteiger partial charge in [-0.05, 0) is 35.9 Å². The van der Waals surface area contributed by atoms with Crippen molar-refractivity contribution < 1.29 is 13.2 Å². The highest BCUT2D eigenvalue weighted by Crippen LogP contribution is 2.14. The van der Waals surface area contributed by atoms with Gasteiger partial charge in [-0.2, -0.15) is 0 Å². The third kappa shape index (κ3) is 4.94. The molecule has 2 N–H and O–H groups in total. The van der Waals surface area contributed by atoms with E-state index in [0.29, 0.717) is 17.8 Å². The number of hydrogen-bond acceptors (Lipinski definition) is 5. The number of anilines is 1. The first-order chi connectivity index (χ1) is 14.5. The van der Waals surface area contributed by atoms with Crippen molar-refractivity contribution in [1.29, 1.82) is 0 Å². The van der Waals surface area contributed by atoms with Gasteiger partial charge in [0.1, 0.15) is 0 Å². The van der Waals surface area contributed by atoms with Gasteiger partial charge in [0, 0.05) is 29.0 Å². The minimum Gasteiger partial charge on any atom is -0.346 e. The third-order valence-corrected chi connectivity index (χ3v) is 6.00. The van der Waals surface area contributed by atoms with Gasteiger partial charge < -0.3 is 5.32 Å². The molecule has 0 aliphatic carbocycles. The predicted octanol–water partition coefficient (Wildman–Crippen LogP) is 3.74. The van der Waals surface area contributed by atoms with Crippen LogP contribution >= 0.6 is 11.3 Å². The Morgan fingerprint density at radius 1 is 1.10 bits per heavy atom. The molecule has 9 heteroatoms. The second-order valence-corrected chi connectivity index (χ2v) is 8.88. The van der Waals surface area contributed by atoms with E-state index in [1.54, 1.807) is 24.3 Å². The van der Waals surface area contributed by atoms with E-state index in [4.69, 9.17) is 0 Å². The molecule has 4 aromatic rings. The molecule has 0 spiro atoms. The Morgan fingerprint density at radius 2 is 1.87 bits per heavy atom. The van der Waals surface area contributed by atoms with E-state index in [9.17, 15) is 13.2 Å². The second-order valence-electron chi connectivity index (χ2n) is 6.45. The lowest BCUT2D eigenvalue weighted by Crippen LogP contribution is -2.23. The van der Waals surface area contributed by atoms with Gasteiger partial charge in [0.25, 0.3) is 15.9 Å². The summed E-state index contributed by atoms with van der Waals surface area (Å²) in [6, 6.07) is 15.4. The first-order valence-electron chi connectivity index (χ1n) is 9.04. The minimum atomic E-state index is -3.66. The zero-order chi connectivity index (χ0) is 21.0. The Morgan fingerprint density at radius 3 is 2.60 bits per heavy atom. The molecule has 0 radical (unpaired) electrons. The van der Waals surface area contributed by atoms with Crippen LogP contribution in [-0.2, 0) is 16.6 Å². The molecule has 152 valence electrons. The van der Waals surface area contributed by atoms with Crippen LogP contribution < -0.4 is 10.0 Å². The minimum absolute atomic E-state index is 0.260. The van der Waals surface area contributed by atoms with Gasteiger partial charge in [0.05, 0.1) is 17.6 Å². The topological polar surface area (TPSA) is 92.6 Å². The zero-order valence-corrected chi connectivity index (χ0v) is 17.4. The Bertz CT molecular complexity index is 1260. The molecular formula is C21H18N4O3S2. The van der Waals surface area contributed by atoms with Crippen LogP contribution in [-0.4, -0.2) is 23.7 Å². The molecule has 0 atom stereocenters. The number of nitrogens with one attached hydrogen (secondary N) is 2. The van der Waals surface area contributed by atoms with Gasteiger partial charge >= 0.3 is 0 Å². The van der Waals surface area contributed by atoms with Gasteiger partial charge in [0.2, 0.25) is 0 Å². The number of hydrogen-bond donors (Lipinski definition) is 2. The largest absolute Gasteiger partial charge is 0.346 e. The number of sulfonamides is 1. The highest BCUT2D eigenvalue weighted by atomic mass is 32.2. The van der Waals surface area contributed by atoms with Gasteiger partial charge in [-0.15, -0.1) is 11.3 Å². The van der Waals surface area contributed by atoms with Crippen LogP contribution in [0, 0.1) is 0 Å². The summed E-state index contributed by atoms with van der Waals surface area (Å²) in [5.74, 6) is -0.260. The fourth-order valence-corrected chi connectivity index (χ4v) is 4.34. The number of fused-ring (bicyclic) bond motifs is 1. The molecule has 0 aliphatic heterocycles. The average molecular weight is 439 g/mol. The molecule has 2 heterocycles. The molecule has 0 bridgehead atoms. The first-order valence-corrected chi connectivity index (χ1v) is 11.5. The Hall–Kier alpha value is -3.43. The van der Waals surface area contributed by atoms with Crippen LogP contribution in [0.15, 0.2) is 77.8 Å². The van der Waals surface area contributed by atoms with E-state index in [2.05, 4.69) is 15.0 Å². The number of amides is 1. The number of nitrogens with zero attached hydrogens (tertiary/aromatic N) is 2. The first kappa shape index (κ1) is 19.9. The van der Waals surface area contributed by atoms with E-state index in [1.165, 1.54) is 17.4 Å². The summed E-state index contributed by atoms with van der Waals surface area (Å²) in [4.78, 5) is 17.6. The van der Waals surface area contributed by atoms with Gasteiger partial charge in [-0.1, -0.05) is 30.3 Å². The van der Waals surface area contributed by atoms with Crippen molar-refractivity contribution in [3.63, 3.8) is 0 Å². The molecule has 30 heavy (non-hydrogen) atoms. The van der Waals surface area contributed by atoms with E-state index in [-0.39, 0.29) is 5.91 Å². The summed E-state index contributed by atoms with van der Waals surface area (Å²) in [6.45, 7) is 0.311. The van der Waals surface area contributed by atoms with Crippen molar-refractivity contribution in [2.24, 2.45) is 0 Å². The number of carbonyl (C=O) groups is 1. The smallest absolute Gasteiger partial charge is 0.255 e. The maximum atomic E-state index is 12.3. The van der Waals surface area contributed by atoms with E-state index < -0.39 is 10.0 Å². The highest BCUT2D eigenvalue weighted by molar-refractivity contribution is 7.95.